The van der Waals surface area contributed by atoms with Gasteiger partial charge in [-0.25, -0.2) is 0 Å². The van der Waals surface area contributed by atoms with Crippen LogP contribution in [-0.2, 0) is 52.8 Å². The summed E-state index contributed by atoms with van der Waals surface area (Å²) >= 11 is 0. The Morgan fingerprint density at radius 3 is 1.95 bits per heavy atom. The van der Waals surface area contributed by atoms with E-state index in [4.69, 9.17) is 9.40 Å². The molecule has 4 heterocycles. The second-order valence-corrected chi connectivity index (χ2v) is 19.8. The van der Waals surface area contributed by atoms with Gasteiger partial charge in [0.25, 0.3) is 0 Å². The van der Waals surface area contributed by atoms with Gasteiger partial charge < -0.3 is 18.5 Å². The van der Waals surface area contributed by atoms with Gasteiger partial charge in [-0.05, 0) is 106 Å². The summed E-state index contributed by atoms with van der Waals surface area (Å²) in [6, 6.07) is 73.9. The minimum atomic E-state index is 0. The van der Waals surface area contributed by atoms with Gasteiger partial charge in [0.15, 0.2) is 0 Å². The molecule has 12 rings (SSSR count). The third-order valence-electron chi connectivity index (χ3n) is 14.0. The molecule has 75 heavy (non-hydrogen) atoms. The zero-order valence-electron chi connectivity index (χ0n) is 43.0. The van der Waals surface area contributed by atoms with E-state index in [2.05, 4.69) is 200 Å². The zero-order valence-corrected chi connectivity index (χ0v) is 45.4. The van der Waals surface area contributed by atoms with E-state index in [1.165, 1.54) is 50.2 Å². The molecule has 0 bridgehead atoms. The number of aromatic nitrogens is 5. The van der Waals surface area contributed by atoms with Crippen LogP contribution in [0, 0.1) is 18.2 Å². The molecule has 7 heteroatoms. The van der Waals surface area contributed by atoms with Gasteiger partial charge in [-0.3, -0.25) is 9.97 Å². The van der Waals surface area contributed by atoms with Crippen LogP contribution in [0.4, 0.5) is 0 Å². The molecule has 0 saturated carbocycles. The number of benzene rings is 8. The summed E-state index contributed by atoms with van der Waals surface area (Å²) in [5, 5.41) is 2.18. The van der Waals surface area contributed by atoms with Crippen LogP contribution in [0.1, 0.15) is 72.9 Å². The first-order valence-corrected chi connectivity index (χ1v) is 25.8. The van der Waals surface area contributed by atoms with Crippen molar-refractivity contribution < 1.29 is 24.5 Å². The summed E-state index contributed by atoms with van der Waals surface area (Å²) in [7, 11) is 2.01. The van der Waals surface area contributed by atoms with E-state index < -0.39 is 0 Å². The van der Waals surface area contributed by atoms with Crippen molar-refractivity contribution >= 4 is 33.0 Å². The van der Waals surface area contributed by atoms with Gasteiger partial charge in [-0.1, -0.05) is 142 Å². The van der Waals surface area contributed by atoms with Crippen LogP contribution in [0.25, 0.3) is 83.8 Å². The van der Waals surface area contributed by atoms with Crippen LogP contribution in [0.15, 0.2) is 205 Å². The molecule has 8 aromatic carbocycles. The number of imidazole rings is 2. The number of rotatable bonds is 13. The van der Waals surface area contributed by atoms with Crippen LogP contribution in [0.3, 0.4) is 0 Å². The van der Waals surface area contributed by atoms with Crippen LogP contribution < -0.4 is 0 Å². The summed E-state index contributed by atoms with van der Waals surface area (Å²) < 4.78 is 10.8. The number of aryl methyl sites for hydroxylation is 5. The number of hydrogen-bond donors (Lipinski definition) is 0. The molecule has 12 aromatic rings. The quantitative estimate of drug-likeness (QED) is 0.108. The molecule has 0 aliphatic rings. The Labute approximate surface area is 454 Å². The van der Waals surface area contributed by atoms with Gasteiger partial charge in [-0.2, -0.15) is 0 Å². The Bertz CT molecular complexity index is 3820. The fourth-order valence-corrected chi connectivity index (χ4v) is 10.1. The first-order valence-electron chi connectivity index (χ1n) is 25.8. The molecule has 0 unspecified atom stereocenters. The van der Waals surface area contributed by atoms with Crippen molar-refractivity contribution in [3.63, 3.8) is 0 Å². The average molecular weight is 1150 g/mol. The normalized spacial score (nSPS) is 11.3. The van der Waals surface area contributed by atoms with Crippen molar-refractivity contribution in [1.82, 2.24) is 24.1 Å². The SMILES string of the molecule is CC(C)c1cc(-c2ccccc2)cc(C(C)C)c1-n1c(-c2[c-]ccc3c2oc2ccccc23)nc2ccccc21.Cn1ccnc1-c1[c-]cc(CCc2cccc(CCc3ccc(-c4[c-]cccc4)nc3)c2)cc1.[Ir+3]. The maximum atomic E-state index is 6.47. The van der Waals surface area contributed by atoms with Gasteiger partial charge in [-0.15, -0.1) is 89.5 Å². The summed E-state index contributed by atoms with van der Waals surface area (Å²) in [6.45, 7) is 9.12. The fraction of sp³-hybridized carbons (Fsp3) is 0.162. The molecule has 4 aromatic heterocycles. The molecule has 0 spiro atoms. The predicted octanol–water partition coefficient (Wildman–Crippen LogP) is 16.6. The molecule has 0 aliphatic carbocycles. The summed E-state index contributed by atoms with van der Waals surface area (Å²) in [4.78, 5) is 14.3. The third-order valence-corrected chi connectivity index (χ3v) is 14.0. The Kier molecular flexibility index (Phi) is 15.3. The van der Waals surface area contributed by atoms with E-state index in [0.29, 0.717) is 11.8 Å². The molecule has 370 valence electrons. The van der Waals surface area contributed by atoms with E-state index in [9.17, 15) is 0 Å². The standard InChI is InChI=1S/C37H31N2O.C31H27N3.Ir/c1-23(2)30-21-26(25-13-6-5-7-14-25)22-31(24(3)4)35(30)39-33-19-10-9-18-32(33)38-37(39)29-17-12-16-28-27-15-8-11-20-34(27)40-36(28)29;1-34-21-20-32-31(34)29-17-14-24(15-18-29)10-11-25-6-5-7-26(22-25)12-13-27-16-19-30(33-23-27)28-8-3-2-4-9-28;/h5-16,18-24H,1-4H3;2-8,14-17,19-23H,10-13H2,1H3;/q-1;-2;+3. The Balaban J connectivity index is 0.000000171. The van der Waals surface area contributed by atoms with Crippen LogP contribution in [0.5, 0.6) is 0 Å². The molecule has 0 fully saturated rings. The molecule has 0 saturated heterocycles. The van der Waals surface area contributed by atoms with Crippen LogP contribution >= 0.6 is 0 Å². The zero-order chi connectivity index (χ0) is 50.5. The second-order valence-electron chi connectivity index (χ2n) is 19.8. The molecule has 0 amide bonds. The minimum Gasteiger partial charge on any atom is -0.501 e. The Morgan fingerprint density at radius 2 is 1.25 bits per heavy atom. The second kappa shape index (κ2) is 22.7. The van der Waals surface area contributed by atoms with Crippen molar-refractivity contribution in [3.05, 3.63) is 252 Å². The third kappa shape index (κ3) is 10.8. The largest absolute Gasteiger partial charge is 3.00 e. The number of para-hydroxylation sites is 3. The molecule has 0 radical (unpaired) electrons. The Morgan fingerprint density at radius 1 is 0.547 bits per heavy atom. The monoisotopic (exact) mass is 1150 g/mol. The minimum absolute atomic E-state index is 0. The summed E-state index contributed by atoms with van der Waals surface area (Å²) in [5.41, 5.74) is 19.2. The van der Waals surface area contributed by atoms with Crippen molar-refractivity contribution in [2.75, 3.05) is 0 Å². The van der Waals surface area contributed by atoms with E-state index >= 15 is 0 Å². The van der Waals surface area contributed by atoms with Crippen molar-refractivity contribution in [2.24, 2.45) is 7.05 Å². The van der Waals surface area contributed by atoms with Gasteiger partial charge in [0.1, 0.15) is 5.58 Å². The topological polar surface area (TPSA) is 61.7 Å². The molecular weight excluding hydrogens is 1090 g/mol. The average Bonchev–Trinajstić information content (AvgIpc) is 4.19. The van der Waals surface area contributed by atoms with Gasteiger partial charge in [0, 0.05) is 36.7 Å². The smallest absolute Gasteiger partial charge is 0.501 e. The van der Waals surface area contributed by atoms with Gasteiger partial charge in [0.05, 0.1) is 28.3 Å². The first kappa shape index (κ1) is 50.6. The molecule has 0 N–H and O–H groups in total. The van der Waals surface area contributed by atoms with E-state index in [1.807, 2.05) is 72.7 Å². The molecule has 0 atom stereocenters. The van der Waals surface area contributed by atoms with Gasteiger partial charge >= 0.3 is 20.1 Å². The molecule has 6 nitrogen and oxygen atoms in total. The first-order chi connectivity index (χ1) is 36.3. The summed E-state index contributed by atoms with van der Waals surface area (Å²) in [5.74, 6) is 2.40. The van der Waals surface area contributed by atoms with E-state index in [-0.39, 0.29) is 20.1 Å². The van der Waals surface area contributed by atoms with Crippen LogP contribution in [-0.4, -0.2) is 24.1 Å². The predicted molar refractivity (Wildman–Crippen MR) is 303 cm³/mol. The maximum Gasteiger partial charge on any atom is 3.00 e. The number of fused-ring (bicyclic) bond motifs is 4. The number of pyridine rings is 1. The number of furan rings is 1. The van der Waals surface area contributed by atoms with Crippen molar-refractivity contribution in [2.45, 2.75) is 65.2 Å². The van der Waals surface area contributed by atoms with Gasteiger partial charge in [0.2, 0.25) is 0 Å². The Hall–Kier alpha value is -7.96. The van der Waals surface area contributed by atoms with E-state index in [1.54, 1.807) is 0 Å². The van der Waals surface area contributed by atoms with Crippen molar-refractivity contribution in [3.8, 4) is 50.8 Å². The number of hydrogen-bond acceptors (Lipinski definition) is 4. The number of nitrogens with zero attached hydrogens (tertiary/aromatic N) is 5. The van der Waals surface area contributed by atoms with Crippen LogP contribution in [0.2, 0.25) is 0 Å². The van der Waals surface area contributed by atoms with Crippen molar-refractivity contribution in [1.29, 1.82) is 0 Å². The molecule has 0 aliphatic heterocycles. The summed E-state index contributed by atoms with van der Waals surface area (Å²) in [6.07, 6.45) is 9.79. The molecular formula is C68H58IrN5O. The maximum absolute atomic E-state index is 6.47. The van der Waals surface area contributed by atoms with E-state index in [0.717, 1.165) is 92.7 Å². The fourth-order valence-electron chi connectivity index (χ4n) is 10.1.